The number of amides is 2. The van der Waals surface area contributed by atoms with Gasteiger partial charge in [0.25, 0.3) is 5.78 Å². The number of thioether (sulfide) groups is 1. The predicted octanol–water partition coefficient (Wildman–Crippen LogP) is 1.77. The first-order valence-corrected chi connectivity index (χ1v) is 10.9. The van der Waals surface area contributed by atoms with Crippen molar-refractivity contribution in [3.63, 3.8) is 0 Å². The third-order valence-electron chi connectivity index (χ3n) is 5.18. The summed E-state index contributed by atoms with van der Waals surface area (Å²) in [6, 6.07) is 0.0230. The summed E-state index contributed by atoms with van der Waals surface area (Å²) < 4.78 is 1.71. The molecule has 0 spiro atoms. The van der Waals surface area contributed by atoms with Crippen molar-refractivity contribution in [2.45, 2.75) is 58.2 Å². The van der Waals surface area contributed by atoms with Crippen LogP contribution in [0.5, 0.6) is 0 Å². The Morgan fingerprint density at radius 3 is 2.71 bits per heavy atom. The zero-order valence-electron chi connectivity index (χ0n) is 17.2. The monoisotopic (exact) mass is 404 g/mol. The number of carbonyl (C=O) groups excluding carboxylic acids is 2. The molecule has 9 heteroatoms. The molecule has 1 saturated heterocycles. The molecule has 1 aliphatic heterocycles. The number of hydrogen-bond acceptors (Lipinski definition) is 6. The highest BCUT2D eigenvalue weighted by Crippen LogP contribution is 2.19. The molecule has 152 valence electrons. The fraction of sp³-hybridized carbons (Fsp3) is 0.632. The summed E-state index contributed by atoms with van der Waals surface area (Å²) in [7, 11) is 0. The fourth-order valence-corrected chi connectivity index (χ4v) is 3.82. The van der Waals surface area contributed by atoms with Crippen molar-refractivity contribution in [1.29, 1.82) is 0 Å². The molecule has 3 rings (SSSR count). The molecule has 0 saturated carbocycles. The number of carbonyl (C=O) groups is 2. The van der Waals surface area contributed by atoms with Crippen molar-refractivity contribution < 1.29 is 9.59 Å². The van der Waals surface area contributed by atoms with E-state index in [0.717, 1.165) is 36.3 Å². The first kappa shape index (κ1) is 20.6. The van der Waals surface area contributed by atoms with Gasteiger partial charge in [-0.05, 0) is 32.9 Å². The van der Waals surface area contributed by atoms with E-state index in [4.69, 9.17) is 0 Å². The molecule has 8 nitrogen and oxygen atoms in total. The average Bonchev–Trinajstić information content (AvgIpc) is 3.08. The summed E-state index contributed by atoms with van der Waals surface area (Å²) in [6.45, 7) is 8.90. The number of nitrogens with one attached hydrogen (secondary N) is 1. The number of likely N-dealkylation sites (tertiary alicyclic amines) is 1. The van der Waals surface area contributed by atoms with Crippen LogP contribution in [0.4, 0.5) is 0 Å². The van der Waals surface area contributed by atoms with E-state index in [1.165, 1.54) is 11.8 Å². The van der Waals surface area contributed by atoms with Crippen molar-refractivity contribution in [1.82, 2.24) is 29.8 Å². The molecule has 3 heterocycles. The van der Waals surface area contributed by atoms with Gasteiger partial charge in [0.15, 0.2) is 0 Å². The molecule has 2 amide bonds. The number of piperidine rings is 1. The Bertz CT molecular complexity index is 894. The van der Waals surface area contributed by atoms with E-state index in [0.29, 0.717) is 17.5 Å². The second kappa shape index (κ2) is 8.46. The third kappa shape index (κ3) is 4.29. The molecule has 2 aromatic heterocycles. The highest BCUT2D eigenvalue weighted by Gasteiger charge is 2.26. The molecular formula is C19H28N6O2S. The van der Waals surface area contributed by atoms with Crippen LogP contribution in [0.25, 0.3) is 5.78 Å². The maximum absolute atomic E-state index is 13.0. The highest BCUT2D eigenvalue weighted by atomic mass is 32.2. The third-order valence-corrected chi connectivity index (χ3v) is 5.72. The summed E-state index contributed by atoms with van der Waals surface area (Å²) in [4.78, 5) is 35.7. The van der Waals surface area contributed by atoms with Crippen LogP contribution < -0.4 is 5.32 Å². The van der Waals surface area contributed by atoms with Gasteiger partial charge in [0.05, 0.1) is 6.42 Å². The topological polar surface area (TPSA) is 92.5 Å². The number of fused-ring (bicyclic) bond motifs is 1. The summed E-state index contributed by atoms with van der Waals surface area (Å²) in [5.74, 6) is 0.602. The lowest BCUT2D eigenvalue weighted by Crippen LogP contribution is -2.50. The predicted molar refractivity (Wildman–Crippen MR) is 108 cm³/mol. The SMILES string of the molecule is CSc1nc2nc(C)c(CC(=O)N3CCCC(NC(=O)C(C)C)C3)c(C)n2n1. The standard InChI is InChI=1S/C19H28N6O2S/c1-11(2)17(27)21-14-7-6-8-24(10-14)16(26)9-15-12(3)20-18-22-19(28-5)23-25(18)13(15)4/h11,14H,6-10H2,1-5H3,(H,21,27). The zero-order chi connectivity index (χ0) is 20.4. The van der Waals surface area contributed by atoms with Crippen LogP contribution in [0.15, 0.2) is 5.16 Å². The van der Waals surface area contributed by atoms with Crippen LogP contribution in [-0.4, -0.2) is 61.7 Å². The molecule has 2 aromatic rings. The summed E-state index contributed by atoms with van der Waals surface area (Å²) in [5, 5.41) is 8.17. The van der Waals surface area contributed by atoms with Crippen molar-refractivity contribution in [2.75, 3.05) is 19.3 Å². The van der Waals surface area contributed by atoms with Gasteiger partial charge in [-0.1, -0.05) is 25.6 Å². The van der Waals surface area contributed by atoms with Crippen LogP contribution in [0.3, 0.4) is 0 Å². The molecular weight excluding hydrogens is 376 g/mol. The average molecular weight is 405 g/mol. The Labute approximate surface area is 169 Å². The lowest BCUT2D eigenvalue weighted by molar-refractivity contribution is -0.133. The van der Waals surface area contributed by atoms with Gasteiger partial charge in [-0.2, -0.15) is 4.98 Å². The maximum atomic E-state index is 13.0. The molecule has 1 fully saturated rings. The summed E-state index contributed by atoms with van der Waals surface area (Å²) >= 11 is 1.47. The Kier molecular flexibility index (Phi) is 6.22. The zero-order valence-corrected chi connectivity index (χ0v) is 18.0. The Morgan fingerprint density at radius 2 is 2.04 bits per heavy atom. The Balaban J connectivity index is 1.74. The fourth-order valence-electron chi connectivity index (χ4n) is 3.48. The smallest absolute Gasteiger partial charge is 0.253 e. The van der Waals surface area contributed by atoms with Crippen molar-refractivity contribution >= 4 is 29.4 Å². The molecule has 0 aliphatic carbocycles. The number of aromatic nitrogens is 4. The Morgan fingerprint density at radius 1 is 1.29 bits per heavy atom. The van der Waals surface area contributed by atoms with Crippen molar-refractivity contribution in [3.05, 3.63) is 17.0 Å². The summed E-state index contributed by atoms with van der Waals surface area (Å²) in [6.07, 6.45) is 4.00. The van der Waals surface area contributed by atoms with Gasteiger partial charge in [0.1, 0.15) is 0 Å². The van der Waals surface area contributed by atoms with E-state index in [2.05, 4.69) is 20.4 Å². The first-order valence-electron chi connectivity index (χ1n) is 9.65. The van der Waals surface area contributed by atoms with Crippen LogP contribution in [-0.2, 0) is 16.0 Å². The van der Waals surface area contributed by atoms with Gasteiger partial charge in [0.2, 0.25) is 17.0 Å². The van der Waals surface area contributed by atoms with Crippen LogP contribution >= 0.6 is 11.8 Å². The second-order valence-corrected chi connectivity index (χ2v) is 8.36. The van der Waals surface area contributed by atoms with Crippen molar-refractivity contribution in [3.8, 4) is 0 Å². The molecule has 1 unspecified atom stereocenters. The molecule has 0 radical (unpaired) electrons. The Hall–Kier alpha value is -2.16. The van der Waals surface area contributed by atoms with Crippen LogP contribution in [0, 0.1) is 19.8 Å². The van der Waals surface area contributed by atoms with E-state index >= 15 is 0 Å². The minimum Gasteiger partial charge on any atom is -0.351 e. The lowest BCUT2D eigenvalue weighted by atomic mass is 10.0. The highest BCUT2D eigenvalue weighted by molar-refractivity contribution is 7.98. The summed E-state index contributed by atoms with van der Waals surface area (Å²) in [5.41, 5.74) is 2.59. The lowest BCUT2D eigenvalue weighted by Gasteiger charge is -2.33. The molecule has 1 aliphatic rings. The quantitative estimate of drug-likeness (QED) is 0.764. The maximum Gasteiger partial charge on any atom is 0.253 e. The number of hydrogen-bond donors (Lipinski definition) is 1. The molecule has 1 atom stereocenters. The van der Waals surface area contributed by atoms with E-state index in [1.54, 1.807) is 4.52 Å². The minimum atomic E-state index is -0.0527. The van der Waals surface area contributed by atoms with Gasteiger partial charge in [-0.15, -0.1) is 5.10 Å². The van der Waals surface area contributed by atoms with Crippen molar-refractivity contribution in [2.24, 2.45) is 5.92 Å². The first-order chi connectivity index (χ1) is 13.3. The van der Waals surface area contributed by atoms with Gasteiger partial charge >= 0.3 is 0 Å². The normalized spacial score (nSPS) is 17.4. The van der Waals surface area contributed by atoms with E-state index in [9.17, 15) is 9.59 Å². The minimum absolute atomic E-state index is 0.0230. The van der Waals surface area contributed by atoms with Gasteiger partial charge in [-0.3, -0.25) is 9.59 Å². The van der Waals surface area contributed by atoms with Gasteiger partial charge < -0.3 is 10.2 Å². The van der Waals surface area contributed by atoms with Gasteiger partial charge in [-0.25, -0.2) is 9.50 Å². The molecule has 0 bridgehead atoms. The second-order valence-electron chi connectivity index (χ2n) is 7.59. The van der Waals surface area contributed by atoms with E-state index < -0.39 is 0 Å². The van der Waals surface area contributed by atoms with E-state index in [-0.39, 0.29) is 30.2 Å². The van der Waals surface area contributed by atoms with Crippen LogP contribution in [0.2, 0.25) is 0 Å². The molecule has 28 heavy (non-hydrogen) atoms. The number of rotatable bonds is 5. The van der Waals surface area contributed by atoms with Gasteiger partial charge in [0, 0.05) is 42.0 Å². The molecule has 1 N–H and O–H groups in total. The molecule has 0 aromatic carbocycles. The number of nitrogens with zero attached hydrogens (tertiary/aromatic N) is 5. The van der Waals surface area contributed by atoms with E-state index in [1.807, 2.05) is 38.9 Å². The number of aryl methyl sites for hydroxylation is 2. The van der Waals surface area contributed by atoms with Crippen LogP contribution in [0.1, 0.15) is 43.6 Å². The largest absolute Gasteiger partial charge is 0.351 e.